The number of hydroxylamine groups is 2. The van der Waals surface area contributed by atoms with E-state index in [1.807, 2.05) is 0 Å². The molecule has 0 fully saturated rings. The number of amidine groups is 2. The fourth-order valence-electron chi connectivity index (χ4n) is 2.82. The highest BCUT2D eigenvalue weighted by Gasteiger charge is 2.34. The number of nitrogens with one attached hydrogen (secondary N) is 1. The van der Waals surface area contributed by atoms with Gasteiger partial charge in [-0.3, -0.25) is 10.2 Å². The number of hydrogen-bond donors (Lipinski definition) is 1. The summed E-state index contributed by atoms with van der Waals surface area (Å²) >= 11 is 0. The number of carbonyl (C=O) groups is 2. The van der Waals surface area contributed by atoms with Crippen LogP contribution in [0, 0.1) is 5.41 Å². The number of aliphatic imine (C=N–C) groups is 1. The van der Waals surface area contributed by atoms with E-state index in [-0.39, 0.29) is 17.2 Å². The number of amides is 1. The highest BCUT2D eigenvalue weighted by atomic mass is 16.7. The van der Waals surface area contributed by atoms with E-state index in [9.17, 15) is 9.59 Å². The fourth-order valence-corrected chi connectivity index (χ4v) is 2.82. The molecule has 4 rings (SSSR count). The van der Waals surface area contributed by atoms with Gasteiger partial charge in [0.05, 0.1) is 18.2 Å². The molecule has 28 heavy (non-hydrogen) atoms. The van der Waals surface area contributed by atoms with Crippen LogP contribution in [0.15, 0.2) is 63.2 Å². The molecule has 8 heteroatoms. The van der Waals surface area contributed by atoms with Crippen molar-refractivity contribution in [1.82, 2.24) is 5.06 Å². The molecule has 2 aliphatic heterocycles. The van der Waals surface area contributed by atoms with Crippen molar-refractivity contribution in [1.29, 1.82) is 5.41 Å². The molecule has 1 amide bonds. The smallest absolute Gasteiger partial charge is 0.337 e. The zero-order chi connectivity index (χ0) is 19.8. The van der Waals surface area contributed by atoms with Crippen molar-refractivity contribution in [2.75, 3.05) is 7.11 Å². The molecule has 1 N–H and O–H groups in total. The van der Waals surface area contributed by atoms with Gasteiger partial charge < -0.3 is 14.0 Å². The van der Waals surface area contributed by atoms with Crippen molar-refractivity contribution in [3.05, 3.63) is 65.1 Å². The van der Waals surface area contributed by atoms with Crippen LogP contribution < -0.4 is 0 Å². The van der Waals surface area contributed by atoms with Crippen LogP contribution in [-0.4, -0.2) is 35.7 Å². The summed E-state index contributed by atoms with van der Waals surface area (Å²) in [7, 11) is 1.32. The van der Waals surface area contributed by atoms with E-state index >= 15 is 0 Å². The molecular weight excluding hydrogens is 362 g/mol. The maximum absolute atomic E-state index is 12.3. The Labute approximate surface area is 159 Å². The van der Waals surface area contributed by atoms with Gasteiger partial charge in [-0.05, 0) is 37.3 Å². The maximum atomic E-state index is 12.3. The third kappa shape index (κ3) is 3.01. The maximum Gasteiger partial charge on any atom is 0.337 e. The molecule has 8 nitrogen and oxygen atoms in total. The Morgan fingerprint density at radius 2 is 1.96 bits per heavy atom. The number of furan rings is 1. The molecule has 1 aromatic heterocycles. The van der Waals surface area contributed by atoms with Crippen LogP contribution in [0.3, 0.4) is 0 Å². The average molecular weight is 377 g/mol. The number of rotatable bonds is 3. The van der Waals surface area contributed by atoms with Crippen molar-refractivity contribution in [3.63, 3.8) is 0 Å². The summed E-state index contributed by atoms with van der Waals surface area (Å²) in [5, 5.41) is 9.40. The molecule has 0 unspecified atom stereocenters. The number of ether oxygens (including phenoxy) is 1. The molecular formula is C20H15N3O5. The minimum Gasteiger partial charge on any atom is -0.465 e. The van der Waals surface area contributed by atoms with Gasteiger partial charge in [-0.15, -0.1) is 5.06 Å². The monoisotopic (exact) mass is 377 g/mol. The molecule has 2 aromatic rings. The van der Waals surface area contributed by atoms with Gasteiger partial charge >= 0.3 is 5.97 Å². The summed E-state index contributed by atoms with van der Waals surface area (Å²) in [5.74, 6) is 0.720. The van der Waals surface area contributed by atoms with Crippen LogP contribution in [0.5, 0.6) is 0 Å². The van der Waals surface area contributed by atoms with Crippen LogP contribution in [0.1, 0.15) is 23.0 Å². The van der Waals surface area contributed by atoms with E-state index in [0.717, 1.165) is 5.56 Å². The second-order valence-corrected chi connectivity index (χ2v) is 6.09. The summed E-state index contributed by atoms with van der Waals surface area (Å²) in [4.78, 5) is 33.1. The van der Waals surface area contributed by atoms with Crippen molar-refractivity contribution >= 4 is 29.6 Å². The van der Waals surface area contributed by atoms with Crippen LogP contribution >= 0.6 is 0 Å². The summed E-state index contributed by atoms with van der Waals surface area (Å²) in [5.41, 5.74) is 1.25. The minimum atomic E-state index is -0.536. The Morgan fingerprint density at radius 3 is 2.68 bits per heavy atom. The number of hydrogen-bond acceptors (Lipinski definition) is 6. The Bertz CT molecular complexity index is 1090. The molecule has 2 aliphatic rings. The largest absolute Gasteiger partial charge is 0.465 e. The summed E-state index contributed by atoms with van der Waals surface area (Å²) in [6.45, 7) is 1.71. The van der Waals surface area contributed by atoms with Gasteiger partial charge in [-0.25, -0.2) is 4.79 Å². The quantitative estimate of drug-likeness (QED) is 0.651. The molecule has 140 valence electrons. The van der Waals surface area contributed by atoms with Gasteiger partial charge in [0.1, 0.15) is 17.3 Å². The van der Waals surface area contributed by atoms with Crippen molar-refractivity contribution in [3.8, 4) is 11.3 Å². The average Bonchev–Trinajstić information content (AvgIpc) is 3.31. The van der Waals surface area contributed by atoms with E-state index in [1.54, 1.807) is 49.4 Å². The van der Waals surface area contributed by atoms with Gasteiger partial charge in [0.2, 0.25) is 0 Å². The number of carbonyl (C=O) groups excluding carboxylic acids is 2. The first kappa shape index (κ1) is 17.5. The SMILES string of the molecule is COC(=O)c1ccc(-c2ccc(/C=C3\C(=N)N4OC(C)=CC4=NC3=O)o2)cc1. The van der Waals surface area contributed by atoms with Gasteiger partial charge in [0, 0.05) is 11.6 Å². The Kier molecular flexibility index (Phi) is 4.15. The first-order chi connectivity index (χ1) is 13.5. The fraction of sp³-hybridized carbons (Fsp3) is 0.100. The summed E-state index contributed by atoms with van der Waals surface area (Å²) in [6, 6.07) is 10.2. The lowest BCUT2D eigenvalue weighted by Gasteiger charge is -2.22. The third-order valence-electron chi connectivity index (χ3n) is 4.18. The highest BCUT2D eigenvalue weighted by molar-refractivity contribution is 6.32. The zero-order valence-corrected chi connectivity index (χ0v) is 15.1. The van der Waals surface area contributed by atoms with Gasteiger partial charge in [0.15, 0.2) is 11.7 Å². The Hall–Kier alpha value is -3.94. The van der Waals surface area contributed by atoms with E-state index in [2.05, 4.69) is 9.73 Å². The zero-order valence-electron chi connectivity index (χ0n) is 15.1. The van der Waals surface area contributed by atoms with E-state index in [1.165, 1.54) is 18.2 Å². The molecule has 0 atom stereocenters. The first-order valence-electron chi connectivity index (χ1n) is 8.35. The summed E-state index contributed by atoms with van der Waals surface area (Å²) in [6.07, 6.45) is 3.04. The van der Waals surface area contributed by atoms with Crippen molar-refractivity contribution in [2.24, 2.45) is 4.99 Å². The normalized spacial score (nSPS) is 17.2. The number of fused-ring (bicyclic) bond motifs is 1. The van der Waals surface area contributed by atoms with E-state index in [0.29, 0.717) is 22.8 Å². The molecule has 0 saturated heterocycles. The third-order valence-corrected chi connectivity index (χ3v) is 4.18. The predicted molar refractivity (Wildman–Crippen MR) is 100 cm³/mol. The topological polar surface area (TPSA) is 105 Å². The molecule has 0 bridgehead atoms. The lowest BCUT2D eigenvalue weighted by atomic mass is 10.1. The second-order valence-electron chi connectivity index (χ2n) is 6.09. The molecule has 0 aliphatic carbocycles. The molecule has 0 radical (unpaired) electrons. The van der Waals surface area contributed by atoms with Gasteiger partial charge in [0.25, 0.3) is 5.91 Å². The first-order valence-corrected chi connectivity index (χ1v) is 8.35. The number of benzene rings is 1. The van der Waals surface area contributed by atoms with Gasteiger partial charge in [-0.1, -0.05) is 12.1 Å². The second kappa shape index (κ2) is 6.66. The Balaban J connectivity index is 1.59. The van der Waals surface area contributed by atoms with Crippen LogP contribution in [0.2, 0.25) is 0 Å². The molecule has 3 heterocycles. The van der Waals surface area contributed by atoms with Crippen LogP contribution in [0.25, 0.3) is 17.4 Å². The molecule has 0 saturated carbocycles. The number of nitrogens with zero attached hydrogens (tertiary/aromatic N) is 2. The van der Waals surface area contributed by atoms with Gasteiger partial charge in [-0.2, -0.15) is 4.99 Å². The predicted octanol–water partition coefficient (Wildman–Crippen LogP) is 3.18. The number of esters is 1. The standard InChI is InChI=1S/C20H15N3O5/c1-11-9-17-22-19(24)15(18(21)23(17)28-11)10-14-7-8-16(27-14)12-3-5-13(6-4-12)20(25)26-2/h3-10,21H,1-2H3/b15-10+,21-18?. The highest BCUT2D eigenvalue weighted by Crippen LogP contribution is 2.27. The summed E-state index contributed by atoms with van der Waals surface area (Å²) < 4.78 is 10.4. The number of allylic oxidation sites excluding steroid dienone is 1. The number of methoxy groups -OCH3 is 1. The lowest BCUT2D eigenvalue weighted by Crippen LogP contribution is -2.38. The van der Waals surface area contributed by atoms with Crippen molar-refractivity contribution < 1.29 is 23.6 Å². The van der Waals surface area contributed by atoms with Crippen LogP contribution in [-0.2, 0) is 14.4 Å². The lowest BCUT2D eigenvalue weighted by molar-refractivity contribution is -0.114. The van der Waals surface area contributed by atoms with Crippen molar-refractivity contribution in [2.45, 2.75) is 6.92 Å². The minimum absolute atomic E-state index is 0.0637. The molecule has 1 aromatic carbocycles. The van der Waals surface area contributed by atoms with Crippen LogP contribution in [0.4, 0.5) is 0 Å². The molecule has 0 spiro atoms. The van der Waals surface area contributed by atoms with E-state index < -0.39 is 11.9 Å². The van der Waals surface area contributed by atoms with E-state index in [4.69, 9.17) is 14.7 Å². The Morgan fingerprint density at radius 1 is 1.21 bits per heavy atom.